The van der Waals surface area contributed by atoms with Gasteiger partial charge in [-0.2, -0.15) is 0 Å². The second kappa shape index (κ2) is 17.0. The molecular formula is C36H47FN2. The molecule has 2 rings (SSSR count). The van der Waals surface area contributed by atoms with E-state index >= 15 is 4.39 Å². The lowest BCUT2D eigenvalue weighted by Crippen LogP contribution is -2.43. The number of nitrogens with one attached hydrogen (secondary N) is 1. The van der Waals surface area contributed by atoms with Crippen molar-refractivity contribution in [2.45, 2.75) is 59.0 Å². The molecule has 0 aliphatic heterocycles. The number of aliphatic imine (C=N–C) groups is 1. The maximum atomic E-state index is 16.0. The molecule has 1 N–H and O–H groups in total. The summed E-state index contributed by atoms with van der Waals surface area (Å²) >= 11 is 0. The number of hydrogen-bond acceptors (Lipinski definition) is 2. The summed E-state index contributed by atoms with van der Waals surface area (Å²) in [6.45, 7) is 25.8. The van der Waals surface area contributed by atoms with E-state index in [0.29, 0.717) is 18.5 Å². The quantitative estimate of drug-likeness (QED) is 0.148. The molecule has 2 aromatic rings. The molecule has 0 saturated carbocycles. The molecular weight excluding hydrogens is 479 g/mol. The minimum Gasteiger partial charge on any atom is -0.363 e. The third-order valence-corrected chi connectivity index (χ3v) is 6.92. The van der Waals surface area contributed by atoms with E-state index in [1.807, 2.05) is 82.4 Å². The van der Waals surface area contributed by atoms with E-state index in [0.717, 1.165) is 33.5 Å². The molecule has 39 heavy (non-hydrogen) atoms. The van der Waals surface area contributed by atoms with Crippen molar-refractivity contribution >= 4 is 5.71 Å². The molecule has 0 amide bonds. The van der Waals surface area contributed by atoms with E-state index in [-0.39, 0.29) is 5.92 Å². The van der Waals surface area contributed by atoms with Gasteiger partial charge < -0.3 is 5.32 Å². The first-order valence-corrected chi connectivity index (χ1v) is 13.7. The number of benzene rings is 2. The Bertz CT molecular complexity index is 1180. The van der Waals surface area contributed by atoms with Crippen molar-refractivity contribution in [2.24, 2.45) is 10.9 Å². The van der Waals surface area contributed by atoms with Crippen LogP contribution in [0.4, 0.5) is 4.39 Å². The van der Waals surface area contributed by atoms with Crippen LogP contribution in [0.25, 0.3) is 0 Å². The summed E-state index contributed by atoms with van der Waals surface area (Å²) in [5.74, 6) is -0.301. The molecule has 208 valence electrons. The lowest BCUT2D eigenvalue weighted by Gasteiger charge is -2.43. The van der Waals surface area contributed by atoms with E-state index in [1.54, 1.807) is 13.1 Å². The van der Waals surface area contributed by atoms with Gasteiger partial charge in [-0.3, -0.25) is 4.99 Å². The first-order valence-electron chi connectivity index (χ1n) is 13.7. The zero-order valence-corrected chi connectivity index (χ0v) is 24.8. The third kappa shape index (κ3) is 8.13. The molecule has 0 aliphatic rings. The number of rotatable bonds is 14. The Hall–Kier alpha value is -3.72. The monoisotopic (exact) mass is 526 g/mol. The Balaban J connectivity index is 0.00000371. The topological polar surface area (TPSA) is 24.4 Å². The fraction of sp³-hybridized carbons (Fsp3) is 0.306. The van der Waals surface area contributed by atoms with E-state index in [4.69, 9.17) is 0 Å². The van der Waals surface area contributed by atoms with Gasteiger partial charge in [-0.25, -0.2) is 4.39 Å². The van der Waals surface area contributed by atoms with Crippen LogP contribution in [0.5, 0.6) is 0 Å². The Labute approximate surface area is 237 Å². The van der Waals surface area contributed by atoms with Gasteiger partial charge in [0, 0.05) is 18.7 Å². The summed E-state index contributed by atoms with van der Waals surface area (Å²) in [5, 5.41) is 3.04. The van der Waals surface area contributed by atoms with Crippen molar-refractivity contribution in [3.05, 3.63) is 145 Å². The van der Waals surface area contributed by atoms with Gasteiger partial charge in [0.05, 0.1) is 11.1 Å². The fourth-order valence-corrected chi connectivity index (χ4v) is 5.12. The predicted molar refractivity (Wildman–Crippen MR) is 171 cm³/mol. The van der Waals surface area contributed by atoms with Crippen LogP contribution in [0.15, 0.2) is 133 Å². The molecule has 3 unspecified atom stereocenters. The SMILES string of the molecule is C=CCC(C(=C)C(=C)NC=C)C(C=CC)(c1ccccc1C/C=C(/C)C(=NC)c1ccccc1)C(C)F.CC. The van der Waals surface area contributed by atoms with Gasteiger partial charge in [0.1, 0.15) is 6.17 Å². The molecule has 0 bridgehead atoms. The van der Waals surface area contributed by atoms with Crippen molar-refractivity contribution in [3.63, 3.8) is 0 Å². The van der Waals surface area contributed by atoms with Gasteiger partial charge in [-0.05, 0) is 67.6 Å². The Morgan fingerprint density at radius 3 is 2.21 bits per heavy atom. The zero-order chi connectivity index (χ0) is 29.4. The maximum absolute atomic E-state index is 16.0. The summed E-state index contributed by atoms with van der Waals surface area (Å²) in [4.78, 5) is 4.54. The molecule has 0 aromatic heterocycles. The average Bonchev–Trinajstić information content (AvgIpc) is 2.95. The highest BCUT2D eigenvalue weighted by molar-refractivity contribution is 6.12. The van der Waals surface area contributed by atoms with Crippen molar-refractivity contribution in [2.75, 3.05) is 7.05 Å². The molecule has 0 aliphatic carbocycles. The summed E-state index contributed by atoms with van der Waals surface area (Å²) in [6.07, 6.45) is 9.45. The summed E-state index contributed by atoms with van der Waals surface area (Å²) in [6, 6.07) is 18.2. The molecule has 0 saturated heterocycles. The fourth-order valence-electron chi connectivity index (χ4n) is 5.12. The molecule has 2 nitrogen and oxygen atoms in total. The van der Waals surface area contributed by atoms with Crippen molar-refractivity contribution in [1.29, 1.82) is 0 Å². The minimum atomic E-state index is -1.20. The minimum absolute atomic E-state index is 0.301. The molecule has 2 aromatic carbocycles. The van der Waals surface area contributed by atoms with E-state index < -0.39 is 11.6 Å². The Morgan fingerprint density at radius 2 is 1.67 bits per heavy atom. The second-order valence-electron chi connectivity index (χ2n) is 9.16. The van der Waals surface area contributed by atoms with Crippen LogP contribution < -0.4 is 5.32 Å². The number of allylic oxidation sites excluding steroid dienone is 6. The largest absolute Gasteiger partial charge is 0.363 e. The second-order valence-corrected chi connectivity index (χ2v) is 9.16. The van der Waals surface area contributed by atoms with Gasteiger partial charge in [-0.15, -0.1) is 6.58 Å². The Kier molecular flexibility index (Phi) is 14.5. The smallest absolute Gasteiger partial charge is 0.111 e. The zero-order valence-electron chi connectivity index (χ0n) is 24.8. The van der Waals surface area contributed by atoms with Gasteiger partial charge in [0.25, 0.3) is 0 Å². The number of nitrogens with zero attached hydrogens (tertiary/aromatic N) is 1. The van der Waals surface area contributed by atoms with Gasteiger partial charge >= 0.3 is 0 Å². The molecule has 0 spiro atoms. The van der Waals surface area contributed by atoms with Gasteiger partial charge in [0.15, 0.2) is 0 Å². The third-order valence-electron chi connectivity index (χ3n) is 6.92. The standard InChI is InChI=1S/C34H41FN2.C2H6/c1-9-17-31(26(5)27(6)37-11-3)34(24-10-2,28(7)35)32-21-16-15-18-29(32)23-22-25(4)33(36-8)30-19-13-12-14-20-30;1-2/h9-16,18-22,24,28,31,37H,1,3,5-6,17,23H2,2,4,7-8H3;1-2H3/b24-10?,25-22-,36-33?;. The highest BCUT2D eigenvalue weighted by atomic mass is 19.1. The van der Waals surface area contributed by atoms with Crippen LogP contribution in [0, 0.1) is 5.92 Å². The molecule has 3 atom stereocenters. The number of alkyl halides is 1. The summed E-state index contributed by atoms with van der Waals surface area (Å²) in [5.41, 5.74) is 5.46. The molecule has 0 radical (unpaired) electrons. The van der Waals surface area contributed by atoms with Crippen molar-refractivity contribution in [3.8, 4) is 0 Å². The van der Waals surface area contributed by atoms with Crippen LogP contribution >= 0.6 is 0 Å². The number of hydrogen-bond donors (Lipinski definition) is 1. The lowest BCUT2D eigenvalue weighted by atomic mass is 9.62. The van der Waals surface area contributed by atoms with Gasteiger partial charge in [-0.1, -0.05) is 112 Å². The van der Waals surface area contributed by atoms with E-state index in [9.17, 15) is 0 Å². The van der Waals surface area contributed by atoms with Crippen molar-refractivity contribution < 1.29 is 4.39 Å². The maximum Gasteiger partial charge on any atom is 0.111 e. The van der Waals surface area contributed by atoms with E-state index in [1.165, 1.54) is 0 Å². The van der Waals surface area contributed by atoms with Crippen LogP contribution in [0.3, 0.4) is 0 Å². The molecule has 0 heterocycles. The van der Waals surface area contributed by atoms with Crippen LogP contribution in [-0.4, -0.2) is 18.9 Å². The van der Waals surface area contributed by atoms with Crippen molar-refractivity contribution in [1.82, 2.24) is 5.32 Å². The van der Waals surface area contributed by atoms with Crippen LogP contribution in [0.1, 0.15) is 57.7 Å². The van der Waals surface area contributed by atoms with Gasteiger partial charge in [0.2, 0.25) is 0 Å². The number of halogens is 1. The summed E-state index contributed by atoms with van der Waals surface area (Å²) < 4.78 is 16.0. The van der Waals surface area contributed by atoms with E-state index in [2.05, 4.69) is 67.8 Å². The van der Waals surface area contributed by atoms with Crippen LogP contribution in [-0.2, 0) is 11.8 Å². The molecule has 0 fully saturated rings. The predicted octanol–water partition coefficient (Wildman–Crippen LogP) is 9.49. The summed E-state index contributed by atoms with van der Waals surface area (Å²) in [7, 11) is 1.81. The highest BCUT2D eigenvalue weighted by Crippen LogP contribution is 2.47. The average molecular weight is 527 g/mol. The Morgan fingerprint density at radius 1 is 1.05 bits per heavy atom. The highest BCUT2D eigenvalue weighted by Gasteiger charge is 2.45. The molecule has 3 heteroatoms. The lowest BCUT2D eigenvalue weighted by molar-refractivity contribution is 0.194. The van der Waals surface area contributed by atoms with Crippen LogP contribution in [0.2, 0.25) is 0 Å². The normalized spacial score (nSPS) is 14.8. The first-order chi connectivity index (χ1) is 18.8. The first kappa shape index (κ1) is 33.3.